The second-order valence-corrected chi connectivity index (χ2v) is 4.93. The van der Waals surface area contributed by atoms with E-state index in [9.17, 15) is 18.0 Å². The van der Waals surface area contributed by atoms with Gasteiger partial charge in [0.2, 0.25) is 6.79 Å². The third-order valence-electron chi connectivity index (χ3n) is 3.23. The largest absolute Gasteiger partial charge is 0.454 e. The molecule has 0 saturated heterocycles. The number of fused-ring (bicyclic) bond motifs is 1. The van der Waals surface area contributed by atoms with E-state index >= 15 is 0 Å². The van der Waals surface area contributed by atoms with Crippen LogP contribution in [0, 0.1) is 0 Å². The zero-order valence-corrected chi connectivity index (χ0v) is 12.0. The van der Waals surface area contributed by atoms with Gasteiger partial charge < -0.3 is 14.8 Å². The minimum absolute atomic E-state index is 0.0572. The van der Waals surface area contributed by atoms with Crippen molar-refractivity contribution in [2.24, 2.45) is 7.05 Å². The summed E-state index contributed by atoms with van der Waals surface area (Å²) < 4.78 is 49.9. The Labute approximate surface area is 128 Å². The van der Waals surface area contributed by atoms with Crippen molar-refractivity contribution in [2.75, 3.05) is 6.79 Å². The summed E-state index contributed by atoms with van der Waals surface area (Å²) in [6.07, 6.45) is -3.65. The fraction of sp³-hybridized carbons (Fsp3) is 0.286. The Morgan fingerprint density at radius 3 is 2.83 bits per heavy atom. The van der Waals surface area contributed by atoms with Crippen LogP contribution in [0.3, 0.4) is 0 Å². The summed E-state index contributed by atoms with van der Waals surface area (Å²) in [5.74, 6) is 0.281. The van der Waals surface area contributed by atoms with Gasteiger partial charge in [-0.3, -0.25) is 9.48 Å². The standard InChI is InChI=1S/C14H12F3N3O3/c1-20-6-9(12(19-20)14(15,16)17)13(21)18-5-8-2-3-10-11(4-8)23-7-22-10/h2-4,6H,5,7H2,1H3,(H,18,21). The topological polar surface area (TPSA) is 65.4 Å². The van der Waals surface area contributed by atoms with E-state index in [1.807, 2.05) is 0 Å². The molecule has 0 spiro atoms. The number of amides is 1. The number of hydrogen-bond donors (Lipinski definition) is 1. The first-order valence-corrected chi connectivity index (χ1v) is 6.62. The molecule has 3 rings (SSSR count). The summed E-state index contributed by atoms with van der Waals surface area (Å²) in [4.78, 5) is 12.0. The molecule has 9 heteroatoms. The van der Waals surface area contributed by atoms with Crippen LogP contribution in [0.1, 0.15) is 21.6 Å². The first kappa shape index (κ1) is 15.2. The Balaban J connectivity index is 1.73. The molecule has 0 fully saturated rings. The van der Waals surface area contributed by atoms with E-state index in [0.717, 1.165) is 10.9 Å². The summed E-state index contributed by atoms with van der Waals surface area (Å²) in [6.45, 7) is 0.178. The van der Waals surface area contributed by atoms with E-state index < -0.39 is 23.3 Å². The number of aryl methyl sites for hydroxylation is 1. The van der Waals surface area contributed by atoms with Crippen molar-refractivity contribution < 1.29 is 27.4 Å². The van der Waals surface area contributed by atoms with Crippen LogP contribution in [-0.4, -0.2) is 22.5 Å². The lowest BCUT2D eigenvalue weighted by molar-refractivity contribution is -0.141. The Kier molecular flexibility index (Phi) is 3.63. The van der Waals surface area contributed by atoms with Gasteiger partial charge in [0.25, 0.3) is 5.91 Å². The quantitative estimate of drug-likeness (QED) is 0.938. The molecule has 1 aromatic heterocycles. The van der Waals surface area contributed by atoms with Gasteiger partial charge in [0.15, 0.2) is 17.2 Å². The van der Waals surface area contributed by atoms with Crippen molar-refractivity contribution in [1.29, 1.82) is 0 Å². The summed E-state index contributed by atoms with van der Waals surface area (Å²) in [7, 11) is 1.32. The molecule has 122 valence electrons. The second-order valence-electron chi connectivity index (χ2n) is 4.93. The lowest BCUT2D eigenvalue weighted by Gasteiger charge is -2.08. The number of ether oxygens (including phenoxy) is 2. The van der Waals surface area contributed by atoms with Crippen LogP contribution < -0.4 is 14.8 Å². The van der Waals surface area contributed by atoms with Gasteiger partial charge in [-0.1, -0.05) is 6.07 Å². The number of benzene rings is 1. The highest BCUT2D eigenvalue weighted by Crippen LogP contribution is 2.33. The molecule has 2 heterocycles. The molecule has 0 aliphatic carbocycles. The number of nitrogens with zero attached hydrogens (tertiary/aromatic N) is 2. The first-order valence-electron chi connectivity index (χ1n) is 6.62. The fourth-order valence-corrected chi connectivity index (χ4v) is 2.19. The van der Waals surface area contributed by atoms with E-state index in [1.165, 1.54) is 7.05 Å². The van der Waals surface area contributed by atoms with Crippen LogP contribution >= 0.6 is 0 Å². The number of carbonyl (C=O) groups excluding carboxylic acids is 1. The van der Waals surface area contributed by atoms with Crippen molar-refractivity contribution in [3.8, 4) is 11.5 Å². The van der Waals surface area contributed by atoms with Gasteiger partial charge in [-0.05, 0) is 17.7 Å². The number of rotatable bonds is 3. The molecule has 1 aliphatic heterocycles. The highest BCUT2D eigenvalue weighted by atomic mass is 19.4. The number of aromatic nitrogens is 2. The van der Waals surface area contributed by atoms with E-state index in [0.29, 0.717) is 17.1 Å². The van der Waals surface area contributed by atoms with Crippen LogP contribution in [0.5, 0.6) is 11.5 Å². The number of hydrogen-bond acceptors (Lipinski definition) is 4. The molecular weight excluding hydrogens is 315 g/mol. The Morgan fingerprint density at radius 2 is 2.09 bits per heavy atom. The van der Waals surface area contributed by atoms with Gasteiger partial charge in [0.1, 0.15) is 0 Å². The number of alkyl halides is 3. The maximum Gasteiger partial charge on any atom is 0.435 e. The third kappa shape index (κ3) is 3.08. The van der Waals surface area contributed by atoms with Gasteiger partial charge in [-0.25, -0.2) is 0 Å². The van der Waals surface area contributed by atoms with Gasteiger partial charge in [-0.15, -0.1) is 0 Å². The SMILES string of the molecule is Cn1cc(C(=O)NCc2ccc3c(c2)OCO3)c(C(F)(F)F)n1. The van der Waals surface area contributed by atoms with E-state index in [4.69, 9.17) is 9.47 Å². The van der Waals surface area contributed by atoms with E-state index in [-0.39, 0.29) is 13.3 Å². The molecule has 2 aromatic rings. The van der Waals surface area contributed by atoms with Crippen molar-refractivity contribution in [3.63, 3.8) is 0 Å². The Morgan fingerprint density at radius 1 is 1.35 bits per heavy atom. The second kappa shape index (κ2) is 5.49. The maximum atomic E-state index is 12.8. The minimum Gasteiger partial charge on any atom is -0.454 e. The number of carbonyl (C=O) groups is 1. The lowest BCUT2D eigenvalue weighted by Crippen LogP contribution is -2.25. The Hall–Kier alpha value is -2.71. The van der Waals surface area contributed by atoms with Crippen LogP contribution in [-0.2, 0) is 19.8 Å². The van der Waals surface area contributed by atoms with Gasteiger partial charge >= 0.3 is 6.18 Å². The molecule has 1 aliphatic rings. The predicted molar refractivity (Wildman–Crippen MR) is 71.9 cm³/mol. The Bertz CT molecular complexity index is 755. The molecule has 0 radical (unpaired) electrons. The van der Waals surface area contributed by atoms with Crippen LogP contribution in [0.4, 0.5) is 13.2 Å². The minimum atomic E-state index is -4.69. The summed E-state index contributed by atoms with van der Waals surface area (Å²) in [6, 6.07) is 5.03. The molecule has 0 unspecified atom stereocenters. The molecule has 23 heavy (non-hydrogen) atoms. The molecule has 0 atom stereocenters. The average molecular weight is 327 g/mol. The van der Waals surface area contributed by atoms with Crippen LogP contribution in [0.2, 0.25) is 0 Å². The zero-order chi connectivity index (χ0) is 16.6. The van der Waals surface area contributed by atoms with Crippen LogP contribution in [0.25, 0.3) is 0 Å². The van der Waals surface area contributed by atoms with Crippen molar-refractivity contribution in [3.05, 3.63) is 41.2 Å². The van der Waals surface area contributed by atoms with Crippen LogP contribution in [0.15, 0.2) is 24.4 Å². The van der Waals surface area contributed by atoms with Gasteiger partial charge in [0, 0.05) is 19.8 Å². The zero-order valence-electron chi connectivity index (χ0n) is 12.0. The van der Waals surface area contributed by atoms with Gasteiger partial charge in [-0.2, -0.15) is 18.3 Å². The first-order chi connectivity index (χ1) is 10.8. The summed E-state index contributed by atoms with van der Waals surface area (Å²) in [5, 5.41) is 5.74. The maximum absolute atomic E-state index is 12.8. The van der Waals surface area contributed by atoms with E-state index in [1.54, 1.807) is 18.2 Å². The summed E-state index contributed by atoms with van der Waals surface area (Å²) in [5.41, 5.74) is -1.04. The highest BCUT2D eigenvalue weighted by Gasteiger charge is 2.38. The third-order valence-corrected chi connectivity index (χ3v) is 3.23. The molecule has 0 bridgehead atoms. The van der Waals surface area contributed by atoms with Crippen molar-refractivity contribution in [1.82, 2.24) is 15.1 Å². The van der Waals surface area contributed by atoms with Crippen molar-refractivity contribution >= 4 is 5.91 Å². The molecule has 1 aromatic carbocycles. The van der Waals surface area contributed by atoms with Crippen molar-refractivity contribution in [2.45, 2.75) is 12.7 Å². The molecule has 6 nitrogen and oxygen atoms in total. The van der Waals surface area contributed by atoms with Gasteiger partial charge in [0.05, 0.1) is 5.56 Å². The normalized spacial score (nSPS) is 13.2. The monoisotopic (exact) mass is 327 g/mol. The molecular formula is C14H12F3N3O3. The summed E-state index contributed by atoms with van der Waals surface area (Å²) >= 11 is 0. The number of halogens is 3. The number of nitrogens with one attached hydrogen (secondary N) is 1. The lowest BCUT2D eigenvalue weighted by atomic mass is 10.2. The smallest absolute Gasteiger partial charge is 0.435 e. The molecule has 1 N–H and O–H groups in total. The van der Waals surface area contributed by atoms with E-state index in [2.05, 4.69) is 10.4 Å². The predicted octanol–water partition coefficient (Wildman–Crippen LogP) is 2.10. The molecule has 0 saturated carbocycles. The average Bonchev–Trinajstić information content (AvgIpc) is 3.09. The highest BCUT2D eigenvalue weighted by molar-refractivity contribution is 5.95. The molecule has 1 amide bonds. The fourth-order valence-electron chi connectivity index (χ4n) is 2.19.